The van der Waals surface area contributed by atoms with Crippen LogP contribution in [-0.2, 0) is 26.3 Å². The average Bonchev–Trinajstić information content (AvgIpc) is 2.51. The van der Waals surface area contributed by atoms with Gasteiger partial charge in [-0.15, -0.1) is 0 Å². The molecule has 1 aromatic rings. The average molecular weight is 307 g/mol. The Morgan fingerprint density at radius 3 is 2.59 bits per heavy atom. The Balaban J connectivity index is 2.05. The summed E-state index contributed by atoms with van der Waals surface area (Å²) < 4.78 is 11.0. The summed E-state index contributed by atoms with van der Waals surface area (Å²) in [5.74, 6) is -0.735. The lowest BCUT2D eigenvalue weighted by molar-refractivity contribution is -0.180. The van der Waals surface area contributed by atoms with E-state index in [9.17, 15) is 15.0 Å². The molecular formula is C16H21NO5. The van der Waals surface area contributed by atoms with Crippen LogP contribution in [0.3, 0.4) is 0 Å². The number of phenolic OH excluding ortho intramolecular Hbond substituents is 2. The van der Waals surface area contributed by atoms with E-state index >= 15 is 0 Å². The summed E-state index contributed by atoms with van der Waals surface area (Å²) in [6.45, 7) is 1.68. The van der Waals surface area contributed by atoms with Gasteiger partial charge in [0.25, 0.3) is 0 Å². The van der Waals surface area contributed by atoms with Crippen LogP contribution in [0.5, 0.6) is 11.5 Å². The van der Waals surface area contributed by atoms with Gasteiger partial charge in [0.05, 0.1) is 12.7 Å². The molecule has 1 atom stereocenters. The summed E-state index contributed by atoms with van der Waals surface area (Å²) in [6, 6.07) is 3.10. The standard InChI is InChI=1S/C16H21NO5/c1-17-5-3-16(4-6-17)11-9-13(19)12(18)7-10(11)8-14(22-16)15(20)21-2/h7,9,14,18-19H,3-6,8H2,1-2H3/t14-/m0/s1. The molecule has 0 unspecified atom stereocenters. The third kappa shape index (κ3) is 2.42. The zero-order valence-electron chi connectivity index (χ0n) is 12.8. The van der Waals surface area contributed by atoms with Crippen LogP contribution >= 0.6 is 0 Å². The van der Waals surface area contributed by atoms with Crippen molar-refractivity contribution >= 4 is 5.97 Å². The first-order chi connectivity index (χ1) is 10.4. The zero-order chi connectivity index (χ0) is 15.9. The molecule has 0 radical (unpaired) electrons. The zero-order valence-corrected chi connectivity index (χ0v) is 12.8. The van der Waals surface area contributed by atoms with Gasteiger partial charge in [-0.1, -0.05) is 0 Å². The minimum absolute atomic E-state index is 0.155. The van der Waals surface area contributed by atoms with Crippen LogP contribution in [0, 0.1) is 0 Å². The third-order valence-electron chi connectivity index (χ3n) is 4.72. The Morgan fingerprint density at radius 1 is 1.32 bits per heavy atom. The molecule has 0 amide bonds. The lowest BCUT2D eigenvalue weighted by Crippen LogP contribution is -2.49. The lowest BCUT2D eigenvalue weighted by Gasteiger charge is -2.46. The number of piperidine rings is 1. The van der Waals surface area contributed by atoms with Crippen LogP contribution < -0.4 is 0 Å². The molecule has 1 spiro atoms. The summed E-state index contributed by atoms with van der Waals surface area (Å²) in [5.41, 5.74) is 1.10. The van der Waals surface area contributed by atoms with Gasteiger partial charge in [-0.2, -0.15) is 0 Å². The van der Waals surface area contributed by atoms with E-state index in [1.54, 1.807) is 6.07 Å². The summed E-state index contributed by atoms with van der Waals surface area (Å²) in [6.07, 6.45) is 1.13. The molecule has 2 aliphatic rings. The van der Waals surface area contributed by atoms with Crippen LogP contribution in [-0.4, -0.2) is 54.4 Å². The monoisotopic (exact) mass is 307 g/mol. The van der Waals surface area contributed by atoms with E-state index in [1.165, 1.54) is 13.2 Å². The van der Waals surface area contributed by atoms with Gasteiger partial charge < -0.3 is 24.6 Å². The van der Waals surface area contributed by atoms with Gasteiger partial charge in [0.15, 0.2) is 17.6 Å². The summed E-state index contributed by atoms with van der Waals surface area (Å²) >= 11 is 0. The number of benzene rings is 1. The number of carbonyl (C=O) groups excluding carboxylic acids is 1. The minimum atomic E-state index is -0.676. The molecule has 3 rings (SSSR count). The van der Waals surface area contributed by atoms with E-state index in [1.807, 2.05) is 7.05 Å². The van der Waals surface area contributed by atoms with Gasteiger partial charge in [-0.25, -0.2) is 4.79 Å². The van der Waals surface area contributed by atoms with E-state index in [-0.39, 0.29) is 11.5 Å². The molecule has 22 heavy (non-hydrogen) atoms. The number of ether oxygens (including phenoxy) is 2. The molecular weight excluding hydrogens is 286 g/mol. The first-order valence-corrected chi connectivity index (χ1v) is 7.45. The second-order valence-electron chi connectivity index (χ2n) is 6.13. The SMILES string of the molecule is COC(=O)[C@@H]1Cc2cc(O)c(O)cc2C2(CCN(C)CC2)O1. The highest BCUT2D eigenvalue weighted by molar-refractivity contribution is 5.75. The van der Waals surface area contributed by atoms with Crippen molar-refractivity contribution in [3.63, 3.8) is 0 Å². The first-order valence-electron chi connectivity index (χ1n) is 7.45. The molecule has 0 saturated carbocycles. The topological polar surface area (TPSA) is 79.2 Å². The fourth-order valence-corrected chi connectivity index (χ4v) is 3.42. The molecule has 0 aliphatic carbocycles. The Hall–Kier alpha value is -1.79. The Bertz CT molecular complexity index is 592. The van der Waals surface area contributed by atoms with Crippen LogP contribution in [0.25, 0.3) is 0 Å². The number of phenols is 2. The van der Waals surface area contributed by atoms with E-state index in [0.717, 1.165) is 37.1 Å². The maximum absolute atomic E-state index is 11.9. The quantitative estimate of drug-likeness (QED) is 0.598. The predicted molar refractivity (Wildman–Crippen MR) is 78.8 cm³/mol. The van der Waals surface area contributed by atoms with E-state index in [4.69, 9.17) is 9.47 Å². The van der Waals surface area contributed by atoms with E-state index in [2.05, 4.69) is 4.90 Å². The van der Waals surface area contributed by atoms with Crippen molar-refractivity contribution in [1.82, 2.24) is 4.90 Å². The summed E-state index contributed by atoms with van der Waals surface area (Å²) in [5, 5.41) is 19.6. The second-order valence-corrected chi connectivity index (χ2v) is 6.13. The number of hydrogen-bond acceptors (Lipinski definition) is 6. The highest BCUT2D eigenvalue weighted by Crippen LogP contribution is 2.46. The normalized spacial score (nSPS) is 24.0. The maximum atomic E-state index is 11.9. The molecule has 2 heterocycles. The molecule has 2 N–H and O–H groups in total. The van der Waals surface area contributed by atoms with Gasteiger partial charge in [-0.05, 0) is 43.1 Å². The number of carbonyl (C=O) groups is 1. The van der Waals surface area contributed by atoms with Gasteiger partial charge >= 0.3 is 5.97 Å². The van der Waals surface area contributed by atoms with Gasteiger partial charge in [-0.3, -0.25) is 0 Å². The smallest absolute Gasteiger partial charge is 0.335 e. The van der Waals surface area contributed by atoms with Gasteiger partial charge in [0.2, 0.25) is 0 Å². The number of aromatic hydroxyl groups is 2. The summed E-state index contributed by atoms with van der Waals surface area (Å²) in [7, 11) is 3.39. The Kier molecular flexibility index (Phi) is 3.74. The highest BCUT2D eigenvalue weighted by atomic mass is 16.6. The largest absolute Gasteiger partial charge is 0.504 e. The van der Waals surface area contributed by atoms with E-state index < -0.39 is 17.7 Å². The van der Waals surface area contributed by atoms with Gasteiger partial charge in [0, 0.05) is 19.5 Å². The van der Waals surface area contributed by atoms with Gasteiger partial charge in [0.1, 0.15) is 0 Å². The number of nitrogens with zero attached hydrogens (tertiary/aromatic N) is 1. The molecule has 1 fully saturated rings. The van der Waals surface area contributed by atoms with Crippen molar-refractivity contribution in [2.75, 3.05) is 27.2 Å². The molecule has 0 bridgehead atoms. The minimum Gasteiger partial charge on any atom is -0.504 e. The van der Waals surface area contributed by atoms with Crippen molar-refractivity contribution < 1.29 is 24.5 Å². The number of esters is 1. The number of methoxy groups -OCH3 is 1. The Morgan fingerprint density at radius 2 is 1.95 bits per heavy atom. The number of rotatable bonds is 1. The predicted octanol–water partition coefficient (Wildman–Crippen LogP) is 1.13. The highest BCUT2D eigenvalue weighted by Gasteiger charge is 2.45. The maximum Gasteiger partial charge on any atom is 0.335 e. The molecule has 6 heteroatoms. The molecule has 120 valence electrons. The van der Waals surface area contributed by atoms with Crippen molar-refractivity contribution in [1.29, 1.82) is 0 Å². The molecule has 6 nitrogen and oxygen atoms in total. The van der Waals surface area contributed by atoms with Crippen molar-refractivity contribution in [3.05, 3.63) is 23.3 Å². The second kappa shape index (κ2) is 5.44. The number of likely N-dealkylation sites (tertiary alicyclic amines) is 1. The molecule has 0 aromatic heterocycles. The van der Waals surface area contributed by atoms with E-state index in [0.29, 0.717) is 6.42 Å². The lowest BCUT2D eigenvalue weighted by atomic mass is 9.78. The van der Waals surface area contributed by atoms with Crippen LogP contribution in [0.2, 0.25) is 0 Å². The Labute approximate surface area is 129 Å². The first kappa shape index (κ1) is 15.1. The fraction of sp³-hybridized carbons (Fsp3) is 0.562. The third-order valence-corrected chi connectivity index (χ3v) is 4.72. The van der Waals surface area contributed by atoms with Crippen molar-refractivity contribution in [2.45, 2.75) is 31.0 Å². The van der Waals surface area contributed by atoms with Crippen LogP contribution in [0.1, 0.15) is 24.0 Å². The summed E-state index contributed by atoms with van der Waals surface area (Å²) in [4.78, 5) is 14.2. The molecule has 2 aliphatic heterocycles. The molecule has 1 saturated heterocycles. The van der Waals surface area contributed by atoms with Crippen LogP contribution in [0.4, 0.5) is 0 Å². The van der Waals surface area contributed by atoms with Crippen molar-refractivity contribution in [2.24, 2.45) is 0 Å². The molecule has 1 aromatic carbocycles. The number of fused-ring (bicyclic) bond motifs is 2. The van der Waals surface area contributed by atoms with Crippen LogP contribution in [0.15, 0.2) is 12.1 Å². The van der Waals surface area contributed by atoms with Crippen molar-refractivity contribution in [3.8, 4) is 11.5 Å². The number of hydrogen-bond donors (Lipinski definition) is 2. The fourth-order valence-electron chi connectivity index (χ4n) is 3.42.